The van der Waals surface area contributed by atoms with E-state index in [9.17, 15) is 18.4 Å². The number of benzodiazepines with no additional fused rings is 1. The van der Waals surface area contributed by atoms with E-state index in [-0.39, 0.29) is 17.7 Å². The van der Waals surface area contributed by atoms with Crippen LogP contribution in [-0.2, 0) is 16.0 Å². The van der Waals surface area contributed by atoms with Gasteiger partial charge in [0.2, 0.25) is 12.1 Å². The summed E-state index contributed by atoms with van der Waals surface area (Å²) in [6, 6.07) is 17.8. The molecule has 3 aromatic carbocycles. The molecule has 3 N–H and O–H groups in total. The zero-order valence-electron chi connectivity index (χ0n) is 17.8. The summed E-state index contributed by atoms with van der Waals surface area (Å²) in [5, 5.41) is 2.59. The Morgan fingerprint density at radius 1 is 1.03 bits per heavy atom. The highest BCUT2D eigenvalue weighted by Crippen LogP contribution is 2.28. The van der Waals surface area contributed by atoms with Crippen molar-refractivity contribution in [2.24, 2.45) is 10.7 Å². The number of nitrogens with one attached hydrogen (secondary N) is 1. The summed E-state index contributed by atoms with van der Waals surface area (Å²) in [7, 11) is 1.57. The van der Waals surface area contributed by atoms with Crippen LogP contribution >= 0.6 is 0 Å². The van der Waals surface area contributed by atoms with Gasteiger partial charge in [0.1, 0.15) is 11.6 Å². The molecule has 1 aliphatic heterocycles. The van der Waals surface area contributed by atoms with Gasteiger partial charge in [-0.05, 0) is 42.3 Å². The van der Waals surface area contributed by atoms with Crippen molar-refractivity contribution in [3.8, 4) is 0 Å². The molecule has 0 radical (unpaired) electrons. The highest BCUT2D eigenvalue weighted by atomic mass is 19.1. The highest BCUT2D eigenvalue weighted by Gasteiger charge is 2.32. The van der Waals surface area contributed by atoms with Gasteiger partial charge in [0.05, 0.1) is 17.4 Å². The summed E-state index contributed by atoms with van der Waals surface area (Å²) in [6.45, 7) is 0. The average molecular weight is 448 g/mol. The van der Waals surface area contributed by atoms with Crippen molar-refractivity contribution in [2.75, 3.05) is 11.9 Å². The molecule has 0 fully saturated rings. The SMILES string of the molecule is CN1C(=O)C(NC(=O)[C@@H](N)Cc2ccc(F)cc2)N=C(c2ccccc2F)c2ccccc21. The van der Waals surface area contributed by atoms with Crippen LogP contribution in [0.3, 0.4) is 0 Å². The summed E-state index contributed by atoms with van der Waals surface area (Å²) in [6.07, 6.45) is -1.16. The number of para-hydroxylation sites is 1. The molecule has 168 valence electrons. The molecule has 33 heavy (non-hydrogen) atoms. The lowest BCUT2D eigenvalue weighted by atomic mass is 10.00. The summed E-state index contributed by atoms with van der Waals surface area (Å²) in [5.74, 6) is -1.98. The first-order valence-corrected chi connectivity index (χ1v) is 10.3. The Balaban J connectivity index is 1.66. The predicted molar refractivity (Wildman–Crippen MR) is 122 cm³/mol. The number of fused-ring (bicyclic) bond motifs is 1. The van der Waals surface area contributed by atoms with E-state index >= 15 is 0 Å². The molecule has 2 amide bonds. The number of amides is 2. The Kier molecular flexibility index (Phi) is 6.28. The number of benzene rings is 3. The number of carbonyl (C=O) groups excluding carboxylic acids is 2. The zero-order chi connectivity index (χ0) is 23.5. The molecule has 1 aliphatic rings. The number of hydrogen-bond acceptors (Lipinski definition) is 4. The van der Waals surface area contributed by atoms with Crippen LogP contribution in [0.1, 0.15) is 16.7 Å². The summed E-state index contributed by atoms with van der Waals surface area (Å²) in [4.78, 5) is 31.8. The number of likely N-dealkylation sites (N-methyl/N-ethyl adjacent to an activating group) is 1. The largest absolute Gasteiger partial charge is 0.325 e. The lowest BCUT2D eigenvalue weighted by molar-refractivity contribution is -0.128. The quantitative estimate of drug-likeness (QED) is 0.629. The van der Waals surface area contributed by atoms with Crippen LogP contribution in [0.4, 0.5) is 14.5 Å². The predicted octanol–water partition coefficient (Wildman–Crippen LogP) is 2.79. The fourth-order valence-electron chi connectivity index (χ4n) is 3.69. The van der Waals surface area contributed by atoms with Crippen LogP contribution in [0, 0.1) is 11.6 Å². The molecule has 0 bridgehead atoms. The molecule has 4 rings (SSSR count). The standard InChI is InChI=1S/C25H22F2N4O2/c1-31-21-9-5-3-7-18(21)22(17-6-2-4-8-19(17)27)29-23(25(31)33)30-24(32)20(28)14-15-10-12-16(26)13-11-15/h2-13,20,23H,14,28H2,1H3,(H,30,32)/t20-,23?/m0/s1. The van der Waals surface area contributed by atoms with Crippen molar-refractivity contribution in [2.45, 2.75) is 18.6 Å². The van der Waals surface area contributed by atoms with Gasteiger partial charge in [-0.2, -0.15) is 0 Å². The second-order valence-corrected chi connectivity index (χ2v) is 7.72. The van der Waals surface area contributed by atoms with E-state index in [0.29, 0.717) is 16.8 Å². The van der Waals surface area contributed by atoms with E-state index in [1.165, 1.54) is 35.2 Å². The monoisotopic (exact) mass is 448 g/mol. The smallest absolute Gasteiger partial charge is 0.272 e. The Hall–Kier alpha value is -3.91. The molecule has 0 aromatic heterocycles. The van der Waals surface area contributed by atoms with E-state index < -0.39 is 35.7 Å². The molecule has 1 heterocycles. The number of nitrogens with two attached hydrogens (primary N) is 1. The molecule has 1 unspecified atom stereocenters. The van der Waals surface area contributed by atoms with E-state index in [0.717, 1.165) is 0 Å². The topological polar surface area (TPSA) is 87.8 Å². The van der Waals surface area contributed by atoms with Gasteiger partial charge in [-0.15, -0.1) is 0 Å². The Labute approximate surface area is 189 Å². The minimum atomic E-state index is -1.30. The third kappa shape index (κ3) is 4.65. The van der Waals surface area contributed by atoms with Gasteiger partial charge in [0, 0.05) is 18.2 Å². The Morgan fingerprint density at radius 3 is 2.36 bits per heavy atom. The highest BCUT2D eigenvalue weighted by molar-refractivity contribution is 6.20. The minimum absolute atomic E-state index is 0.146. The van der Waals surface area contributed by atoms with Gasteiger partial charge in [-0.25, -0.2) is 13.8 Å². The molecule has 0 spiro atoms. The molecule has 0 saturated carbocycles. The van der Waals surface area contributed by atoms with Crippen LogP contribution in [0.2, 0.25) is 0 Å². The number of nitrogens with zero attached hydrogens (tertiary/aromatic N) is 2. The first-order chi connectivity index (χ1) is 15.8. The van der Waals surface area contributed by atoms with Crippen LogP contribution in [0.15, 0.2) is 77.8 Å². The first kappa shape index (κ1) is 22.3. The summed E-state index contributed by atoms with van der Waals surface area (Å²) < 4.78 is 27.8. The van der Waals surface area contributed by atoms with Gasteiger partial charge >= 0.3 is 0 Å². The van der Waals surface area contributed by atoms with Gasteiger partial charge < -0.3 is 16.0 Å². The molecule has 0 aliphatic carbocycles. The lowest BCUT2D eigenvalue weighted by Crippen LogP contribution is -2.51. The molecular weight excluding hydrogens is 426 g/mol. The van der Waals surface area contributed by atoms with E-state index in [4.69, 9.17) is 5.73 Å². The van der Waals surface area contributed by atoms with E-state index in [1.54, 1.807) is 49.5 Å². The number of anilines is 1. The van der Waals surface area contributed by atoms with Crippen LogP contribution in [0.25, 0.3) is 0 Å². The molecule has 6 nitrogen and oxygen atoms in total. The zero-order valence-corrected chi connectivity index (χ0v) is 17.8. The number of halogens is 2. The van der Waals surface area contributed by atoms with Crippen molar-refractivity contribution in [3.05, 3.63) is 101 Å². The number of rotatable bonds is 5. The second kappa shape index (κ2) is 9.30. The first-order valence-electron chi connectivity index (χ1n) is 10.3. The average Bonchev–Trinajstić information content (AvgIpc) is 2.91. The van der Waals surface area contributed by atoms with E-state index in [1.807, 2.05) is 0 Å². The molecular formula is C25H22F2N4O2. The maximum absolute atomic E-state index is 14.7. The van der Waals surface area contributed by atoms with Crippen LogP contribution in [0.5, 0.6) is 0 Å². The van der Waals surface area contributed by atoms with Crippen molar-refractivity contribution < 1.29 is 18.4 Å². The van der Waals surface area contributed by atoms with Gasteiger partial charge in [-0.3, -0.25) is 9.59 Å². The number of carbonyl (C=O) groups is 2. The van der Waals surface area contributed by atoms with Crippen molar-refractivity contribution in [1.82, 2.24) is 5.32 Å². The second-order valence-electron chi connectivity index (χ2n) is 7.72. The van der Waals surface area contributed by atoms with Crippen molar-refractivity contribution in [1.29, 1.82) is 0 Å². The third-order valence-electron chi connectivity index (χ3n) is 5.46. The fraction of sp³-hybridized carbons (Fsp3) is 0.160. The number of aliphatic imine (C=N–C) groups is 1. The molecule has 3 aromatic rings. The maximum Gasteiger partial charge on any atom is 0.272 e. The van der Waals surface area contributed by atoms with Crippen molar-refractivity contribution in [3.63, 3.8) is 0 Å². The summed E-state index contributed by atoms with van der Waals surface area (Å²) >= 11 is 0. The fourth-order valence-corrected chi connectivity index (χ4v) is 3.69. The van der Waals surface area contributed by atoms with Gasteiger partial charge in [0.25, 0.3) is 5.91 Å². The molecule has 8 heteroatoms. The maximum atomic E-state index is 14.7. The molecule has 2 atom stereocenters. The molecule has 0 saturated heterocycles. The number of hydrogen-bond donors (Lipinski definition) is 2. The third-order valence-corrected chi connectivity index (χ3v) is 5.46. The summed E-state index contributed by atoms with van der Waals surface area (Å²) in [5.41, 5.74) is 8.27. The normalized spacial score (nSPS) is 16.5. The van der Waals surface area contributed by atoms with E-state index in [2.05, 4.69) is 10.3 Å². The lowest BCUT2D eigenvalue weighted by Gasteiger charge is -2.22. The van der Waals surface area contributed by atoms with Gasteiger partial charge in [-0.1, -0.05) is 42.5 Å². The van der Waals surface area contributed by atoms with Crippen LogP contribution in [-0.4, -0.2) is 36.8 Å². The Morgan fingerprint density at radius 2 is 1.67 bits per heavy atom. The van der Waals surface area contributed by atoms with Crippen molar-refractivity contribution >= 4 is 23.2 Å². The Bertz CT molecular complexity index is 1230. The minimum Gasteiger partial charge on any atom is -0.325 e. The van der Waals surface area contributed by atoms with Crippen LogP contribution < -0.4 is 16.0 Å². The van der Waals surface area contributed by atoms with Gasteiger partial charge in [0.15, 0.2) is 0 Å².